The zero-order valence-corrected chi connectivity index (χ0v) is 13.7. The molecule has 0 fully saturated rings. The van der Waals surface area contributed by atoms with Gasteiger partial charge in [0.1, 0.15) is 6.10 Å². The van der Waals surface area contributed by atoms with Crippen LogP contribution in [0.5, 0.6) is 0 Å². The number of rotatable bonds is 8. The molecule has 1 N–H and O–H groups in total. The Morgan fingerprint density at radius 1 is 1.04 bits per heavy atom. The highest BCUT2D eigenvalue weighted by Crippen LogP contribution is 2.21. The first kappa shape index (κ1) is 18.7. The Kier molecular flexibility index (Phi) is 7.80. The molecule has 0 aliphatic rings. The predicted molar refractivity (Wildman–Crippen MR) is 84.4 cm³/mol. The van der Waals surface area contributed by atoms with Gasteiger partial charge in [0.15, 0.2) is 0 Å². The Morgan fingerprint density at radius 3 is 2.22 bits per heavy atom. The molecule has 0 heterocycles. The molecule has 0 aliphatic heterocycles. The number of ether oxygens (including phenoxy) is 2. The van der Waals surface area contributed by atoms with Crippen LogP contribution in [0.25, 0.3) is 0 Å². The van der Waals surface area contributed by atoms with Crippen molar-refractivity contribution in [1.82, 2.24) is 5.32 Å². The van der Waals surface area contributed by atoms with E-state index in [0.29, 0.717) is 12.8 Å². The molecule has 0 saturated heterocycles. The molecule has 0 saturated carbocycles. The molecule has 0 spiro atoms. The number of carbonyl (C=O) groups excluding carboxylic acids is 3. The second-order valence-corrected chi connectivity index (χ2v) is 5.26. The van der Waals surface area contributed by atoms with Crippen LogP contribution in [0.1, 0.15) is 45.2 Å². The minimum absolute atomic E-state index is 0.162. The summed E-state index contributed by atoms with van der Waals surface area (Å²) in [6.07, 6.45) is 0.330. The fraction of sp³-hybridized carbons (Fsp3) is 0.471. The summed E-state index contributed by atoms with van der Waals surface area (Å²) in [5, 5.41) is 2.86. The van der Waals surface area contributed by atoms with Gasteiger partial charge in [-0.05, 0) is 5.56 Å². The first-order valence-electron chi connectivity index (χ1n) is 7.51. The zero-order valence-electron chi connectivity index (χ0n) is 13.7. The maximum atomic E-state index is 11.4. The molecule has 0 bridgehead atoms. The Balaban J connectivity index is 2.78. The van der Waals surface area contributed by atoms with Crippen LogP contribution in [-0.2, 0) is 23.9 Å². The van der Waals surface area contributed by atoms with E-state index in [4.69, 9.17) is 9.47 Å². The summed E-state index contributed by atoms with van der Waals surface area (Å²) >= 11 is 0. The molecule has 1 aromatic rings. The summed E-state index contributed by atoms with van der Waals surface area (Å²) in [4.78, 5) is 33.6. The van der Waals surface area contributed by atoms with E-state index in [1.54, 1.807) is 0 Å². The lowest BCUT2D eigenvalue weighted by molar-refractivity contribution is -0.149. The van der Waals surface area contributed by atoms with Crippen LogP contribution in [0, 0.1) is 0 Å². The minimum atomic E-state index is -0.455. The van der Waals surface area contributed by atoms with E-state index in [1.165, 1.54) is 20.8 Å². The van der Waals surface area contributed by atoms with Crippen molar-refractivity contribution in [1.29, 1.82) is 0 Å². The summed E-state index contributed by atoms with van der Waals surface area (Å²) < 4.78 is 10.2. The highest BCUT2D eigenvalue weighted by atomic mass is 16.6. The quantitative estimate of drug-likeness (QED) is 0.742. The van der Waals surface area contributed by atoms with Gasteiger partial charge in [0.25, 0.3) is 0 Å². The fourth-order valence-electron chi connectivity index (χ4n) is 2.27. The molecule has 6 heteroatoms. The van der Waals surface area contributed by atoms with Crippen LogP contribution < -0.4 is 5.32 Å². The molecule has 6 nitrogen and oxygen atoms in total. The lowest BCUT2D eigenvalue weighted by atomic mass is 9.99. The summed E-state index contributed by atoms with van der Waals surface area (Å²) in [5.74, 6) is -0.957. The van der Waals surface area contributed by atoms with Crippen molar-refractivity contribution in [2.24, 2.45) is 0 Å². The van der Waals surface area contributed by atoms with Crippen LogP contribution in [0.2, 0.25) is 0 Å². The molecule has 0 aliphatic carbocycles. The molecule has 126 valence electrons. The number of hydrogen-bond acceptors (Lipinski definition) is 5. The summed E-state index contributed by atoms with van der Waals surface area (Å²) in [5.41, 5.74) is 0.923. The van der Waals surface area contributed by atoms with Crippen molar-refractivity contribution in [3.05, 3.63) is 35.9 Å². The van der Waals surface area contributed by atoms with Crippen molar-refractivity contribution in [2.45, 2.75) is 45.8 Å². The summed E-state index contributed by atoms with van der Waals surface area (Å²) in [7, 11) is 0. The molecular formula is C17H23NO5. The van der Waals surface area contributed by atoms with Crippen molar-refractivity contribution in [2.75, 3.05) is 6.61 Å². The maximum Gasteiger partial charge on any atom is 0.302 e. The maximum absolute atomic E-state index is 11.4. The average Bonchev–Trinajstić information content (AvgIpc) is 2.46. The van der Waals surface area contributed by atoms with E-state index in [-0.39, 0.29) is 24.5 Å². The third kappa shape index (κ3) is 7.99. The van der Waals surface area contributed by atoms with E-state index >= 15 is 0 Å². The van der Waals surface area contributed by atoms with E-state index < -0.39 is 12.1 Å². The molecule has 23 heavy (non-hydrogen) atoms. The molecular weight excluding hydrogens is 298 g/mol. The van der Waals surface area contributed by atoms with Crippen LogP contribution in [0.4, 0.5) is 0 Å². The fourth-order valence-corrected chi connectivity index (χ4v) is 2.27. The van der Waals surface area contributed by atoms with Crippen LogP contribution in [0.15, 0.2) is 30.3 Å². The monoisotopic (exact) mass is 321 g/mol. The molecule has 1 aromatic carbocycles. The first-order valence-corrected chi connectivity index (χ1v) is 7.51. The number of nitrogens with one attached hydrogen (secondary N) is 1. The number of amides is 1. The highest BCUT2D eigenvalue weighted by molar-refractivity contribution is 5.73. The van der Waals surface area contributed by atoms with Crippen molar-refractivity contribution in [3.63, 3.8) is 0 Å². The second kappa shape index (κ2) is 9.61. The number of hydrogen-bond donors (Lipinski definition) is 1. The largest absolute Gasteiger partial charge is 0.466 e. The zero-order chi connectivity index (χ0) is 17.2. The van der Waals surface area contributed by atoms with Gasteiger partial charge in [-0.25, -0.2) is 0 Å². The molecule has 0 aromatic heterocycles. The summed E-state index contributed by atoms with van der Waals surface area (Å²) in [6.45, 7) is 4.25. The van der Waals surface area contributed by atoms with E-state index in [1.807, 2.05) is 30.3 Å². The summed E-state index contributed by atoms with van der Waals surface area (Å²) in [6, 6.07) is 9.16. The third-order valence-electron chi connectivity index (χ3n) is 3.16. The number of carbonyl (C=O) groups is 3. The molecule has 1 amide bonds. The molecule has 0 radical (unpaired) electrons. The predicted octanol–water partition coefficient (Wildman–Crippen LogP) is 2.14. The van der Waals surface area contributed by atoms with Gasteiger partial charge < -0.3 is 14.8 Å². The van der Waals surface area contributed by atoms with Gasteiger partial charge in [-0.15, -0.1) is 0 Å². The van der Waals surface area contributed by atoms with Gasteiger partial charge in [-0.2, -0.15) is 0 Å². The normalized spacial score (nSPS) is 12.8. The van der Waals surface area contributed by atoms with Crippen molar-refractivity contribution in [3.8, 4) is 0 Å². The van der Waals surface area contributed by atoms with Gasteiger partial charge >= 0.3 is 11.9 Å². The number of benzene rings is 1. The van der Waals surface area contributed by atoms with Crippen LogP contribution in [0.3, 0.4) is 0 Å². The third-order valence-corrected chi connectivity index (χ3v) is 3.16. The highest BCUT2D eigenvalue weighted by Gasteiger charge is 2.21. The van der Waals surface area contributed by atoms with Gasteiger partial charge in [0.05, 0.1) is 12.6 Å². The van der Waals surface area contributed by atoms with Gasteiger partial charge in [0, 0.05) is 33.6 Å². The molecule has 2 unspecified atom stereocenters. The average molecular weight is 321 g/mol. The minimum Gasteiger partial charge on any atom is -0.466 e. The standard InChI is InChI=1S/C17H23NO5/c1-12(19)18-17(15-7-5-4-6-8-15)11-16(23-14(3)21)9-10-22-13(2)20/h4-8,16-17H,9-11H2,1-3H3,(H,18,19). The first-order chi connectivity index (χ1) is 10.9. The van der Waals surface area contributed by atoms with Crippen molar-refractivity contribution < 1.29 is 23.9 Å². The van der Waals surface area contributed by atoms with E-state index in [0.717, 1.165) is 5.56 Å². The van der Waals surface area contributed by atoms with Crippen molar-refractivity contribution >= 4 is 17.8 Å². The van der Waals surface area contributed by atoms with Crippen LogP contribution in [-0.4, -0.2) is 30.6 Å². The Labute approximate surface area is 136 Å². The molecule has 2 atom stereocenters. The van der Waals surface area contributed by atoms with Gasteiger partial charge in [0.2, 0.25) is 5.91 Å². The topological polar surface area (TPSA) is 81.7 Å². The second-order valence-electron chi connectivity index (χ2n) is 5.26. The number of esters is 2. The Hall–Kier alpha value is -2.37. The Bertz CT molecular complexity index is 529. The lowest BCUT2D eigenvalue weighted by Crippen LogP contribution is -2.31. The Morgan fingerprint density at radius 2 is 1.70 bits per heavy atom. The van der Waals surface area contributed by atoms with E-state index in [2.05, 4.69) is 5.32 Å². The lowest BCUT2D eigenvalue weighted by Gasteiger charge is -2.24. The van der Waals surface area contributed by atoms with E-state index in [9.17, 15) is 14.4 Å². The smallest absolute Gasteiger partial charge is 0.302 e. The van der Waals surface area contributed by atoms with Gasteiger partial charge in [-0.3, -0.25) is 14.4 Å². The molecule has 1 rings (SSSR count). The van der Waals surface area contributed by atoms with Crippen LogP contribution >= 0.6 is 0 Å². The van der Waals surface area contributed by atoms with Gasteiger partial charge in [-0.1, -0.05) is 30.3 Å². The SMILES string of the molecule is CC(=O)NC(CC(CCOC(C)=O)OC(C)=O)c1ccccc1.